The summed E-state index contributed by atoms with van der Waals surface area (Å²) in [5.74, 6) is 1.47. The second-order valence-corrected chi connectivity index (χ2v) is 5.87. The van der Waals surface area contributed by atoms with Crippen molar-refractivity contribution >= 4 is 44.6 Å². The van der Waals surface area contributed by atoms with Gasteiger partial charge in [-0.3, -0.25) is 0 Å². The number of rotatable bonds is 6. The van der Waals surface area contributed by atoms with E-state index in [-0.39, 0.29) is 0 Å². The Balaban J connectivity index is 2.30. The van der Waals surface area contributed by atoms with Crippen LogP contribution >= 0.6 is 27.3 Å². The van der Waals surface area contributed by atoms with Gasteiger partial charge in [-0.15, -0.1) is 11.3 Å². The highest BCUT2D eigenvalue weighted by Crippen LogP contribution is 2.34. The minimum Gasteiger partial charge on any atom is -0.490 e. The third-order valence-electron chi connectivity index (χ3n) is 2.64. The van der Waals surface area contributed by atoms with Crippen LogP contribution < -0.4 is 15.2 Å². The first kappa shape index (κ1) is 15.9. The molecule has 0 atom stereocenters. The zero-order valence-corrected chi connectivity index (χ0v) is 14.3. The lowest BCUT2D eigenvalue weighted by atomic mass is 10.2. The number of halogens is 1. The topological polar surface area (TPSA) is 57.4 Å². The van der Waals surface area contributed by atoms with Crippen molar-refractivity contribution in [2.75, 3.05) is 18.9 Å². The van der Waals surface area contributed by atoms with E-state index in [0.717, 1.165) is 27.2 Å². The van der Waals surface area contributed by atoms with Gasteiger partial charge in [-0.2, -0.15) is 0 Å². The van der Waals surface area contributed by atoms with E-state index in [1.54, 1.807) is 0 Å². The summed E-state index contributed by atoms with van der Waals surface area (Å²) < 4.78 is 12.2. The first-order valence-electron chi connectivity index (χ1n) is 6.62. The van der Waals surface area contributed by atoms with E-state index in [1.807, 2.05) is 43.5 Å². The Morgan fingerprint density at radius 3 is 2.43 bits per heavy atom. The summed E-state index contributed by atoms with van der Waals surface area (Å²) in [6.45, 7) is 5.09. The maximum Gasteiger partial charge on any atom is 0.180 e. The Morgan fingerprint density at radius 2 is 1.86 bits per heavy atom. The van der Waals surface area contributed by atoms with Gasteiger partial charge in [-0.25, -0.2) is 4.98 Å². The molecule has 0 saturated heterocycles. The highest BCUT2D eigenvalue weighted by Gasteiger charge is 2.09. The number of anilines is 1. The number of thiazole rings is 1. The smallest absolute Gasteiger partial charge is 0.180 e. The first-order valence-corrected chi connectivity index (χ1v) is 8.29. The molecule has 0 radical (unpaired) electrons. The molecule has 4 nitrogen and oxygen atoms in total. The first-order chi connectivity index (χ1) is 10.1. The third-order valence-corrected chi connectivity index (χ3v) is 4.01. The SMILES string of the molecule is CCOc1cc(Br)c(C=Cc2csc(N)n2)cc1OCC. The lowest BCUT2D eigenvalue weighted by Crippen LogP contribution is -1.99. The Labute approximate surface area is 136 Å². The fraction of sp³-hybridized carbons (Fsp3) is 0.267. The highest BCUT2D eigenvalue weighted by molar-refractivity contribution is 9.10. The number of benzene rings is 1. The molecule has 21 heavy (non-hydrogen) atoms. The molecule has 1 aromatic heterocycles. The zero-order chi connectivity index (χ0) is 15.2. The average molecular weight is 369 g/mol. The number of hydrogen-bond acceptors (Lipinski definition) is 5. The molecular formula is C15H17BrN2O2S. The van der Waals surface area contributed by atoms with Gasteiger partial charge in [0, 0.05) is 9.85 Å². The Morgan fingerprint density at radius 1 is 1.19 bits per heavy atom. The summed E-state index contributed by atoms with van der Waals surface area (Å²) in [6.07, 6.45) is 3.89. The van der Waals surface area contributed by atoms with E-state index in [9.17, 15) is 0 Å². The summed E-state index contributed by atoms with van der Waals surface area (Å²) in [7, 11) is 0. The molecule has 0 fully saturated rings. The predicted molar refractivity (Wildman–Crippen MR) is 91.9 cm³/mol. The number of aromatic nitrogens is 1. The zero-order valence-electron chi connectivity index (χ0n) is 11.9. The monoisotopic (exact) mass is 368 g/mol. The molecule has 1 aromatic carbocycles. The number of nitrogens with zero attached hydrogens (tertiary/aromatic N) is 1. The van der Waals surface area contributed by atoms with Gasteiger partial charge < -0.3 is 15.2 Å². The maximum absolute atomic E-state index is 5.63. The van der Waals surface area contributed by atoms with Crippen LogP contribution in [0.15, 0.2) is 22.0 Å². The van der Waals surface area contributed by atoms with Gasteiger partial charge in [0.15, 0.2) is 16.6 Å². The lowest BCUT2D eigenvalue weighted by Gasteiger charge is -2.12. The van der Waals surface area contributed by atoms with Crippen LogP contribution in [0.1, 0.15) is 25.1 Å². The van der Waals surface area contributed by atoms with Crippen LogP contribution in [0.4, 0.5) is 5.13 Å². The molecule has 0 saturated carbocycles. The Kier molecular flexibility index (Phi) is 5.64. The van der Waals surface area contributed by atoms with Crippen LogP contribution in [-0.4, -0.2) is 18.2 Å². The van der Waals surface area contributed by atoms with Crippen LogP contribution in [0.25, 0.3) is 12.2 Å². The summed E-state index contributed by atoms with van der Waals surface area (Å²) in [5.41, 5.74) is 7.46. The van der Waals surface area contributed by atoms with Gasteiger partial charge in [0.05, 0.1) is 18.9 Å². The van der Waals surface area contributed by atoms with Crippen molar-refractivity contribution in [3.8, 4) is 11.5 Å². The molecule has 6 heteroatoms. The fourth-order valence-corrected chi connectivity index (χ4v) is 2.75. The second-order valence-electron chi connectivity index (χ2n) is 4.13. The standard InChI is InChI=1S/C15H17BrN2O2S/c1-3-19-13-7-10(12(16)8-14(13)20-4-2)5-6-11-9-21-15(17)18-11/h5-9H,3-4H2,1-2H3,(H2,17,18). The van der Waals surface area contributed by atoms with E-state index in [2.05, 4.69) is 20.9 Å². The predicted octanol–water partition coefficient (Wildman–Crippen LogP) is 4.46. The van der Waals surface area contributed by atoms with Gasteiger partial charge in [-0.05, 0) is 37.6 Å². The molecule has 2 aromatic rings. The van der Waals surface area contributed by atoms with Crippen LogP contribution in [-0.2, 0) is 0 Å². The maximum atomic E-state index is 5.63. The molecule has 0 bridgehead atoms. The molecule has 0 unspecified atom stereocenters. The van der Waals surface area contributed by atoms with Crippen LogP contribution in [0, 0.1) is 0 Å². The molecule has 0 spiro atoms. The van der Waals surface area contributed by atoms with Gasteiger partial charge in [0.1, 0.15) is 0 Å². The van der Waals surface area contributed by atoms with Gasteiger partial charge >= 0.3 is 0 Å². The molecule has 1 heterocycles. The summed E-state index contributed by atoms with van der Waals surface area (Å²) in [4.78, 5) is 4.20. The van der Waals surface area contributed by atoms with Crippen molar-refractivity contribution in [1.82, 2.24) is 4.98 Å². The Bertz CT molecular complexity index is 641. The number of hydrogen-bond donors (Lipinski definition) is 1. The van der Waals surface area contributed by atoms with Crippen molar-refractivity contribution in [3.05, 3.63) is 33.2 Å². The molecule has 2 rings (SSSR count). The van der Waals surface area contributed by atoms with E-state index in [1.165, 1.54) is 11.3 Å². The Hall–Kier alpha value is -1.53. The summed E-state index contributed by atoms with van der Waals surface area (Å²) in [6, 6.07) is 3.87. The number of ether oxygens (including phenoxy) is 2. The minimum atomic E-state index is 0.565. The molecular weight excluding hydrogens is 352 g/mol. The molecule has 0 aliphatic rings. The summed E-state index contributed by atoms with van der Waals surface area (Å²) in [5, 5.41) is 2.48. The van der Waals surface area contributed by atoms with E-state index in [4.69, 9.17) is 15.2 Å². The quantitative estimate of drug-likeness (QED) is 0.817. The average Bonchev–Trinajstić information content (AvgIpc) is 2.86. The minimum absolute atomic E-state index is 0.565. The normalized spacial score (nSPS) is 11.0. The lowest BCUT2D eigenvalue weighted by molar-refractivity contribution is 0.287. The van der Waals surface area contributed by atoms with Crippen molar-refractivity contribution in [3.63, 3.8) is 0 Å². The van der Waals surface area contributed by atoms with Crippen molar-refractivity contribution in [2.24, 2.45) is 0 Å². The highest BCUT2D eigenvalue weighted by atomic mass is 79.9. The van der Waals surface area contributed by atoms with Crippen molar-refractivity contribution in [2.45, 2.75) is 13.8 Å². The van der Waals surface area contributed by atoms with Gasteiger partial charge in [-0.1, -0.05) is 22.0 Å². The molecule has 0 aliphatic carbocycles. The van der Waals surface area contributed by atoms with Crippen molar-refractivity contribution < 1.29 is 9.47 Å². The van der Waals surface area contributed by atoms with E-state index >= 15 is 0 Å². The van der Waals surface area contributed by atoms with Crippen molar-refractivity contribution in [1.29, 1.82) is 0 Å². The van der Waals surface area contributed by atoms with Crippen LogP contribution in [0.2, 0.25) is 0 Å². The van der Waals surface area contributed by atoms with E-state index in [0.29, 0.717) is 18.3 Å². The number of nitrogen functional groups attached to an aromatic ring is 1. The molecule has 112 valence electrons. The van der Waals surface area contributed by atoms with E-state index < -0.39 is 0 Å². The number of nitrogens with two attached hydrogens (primary N) is 1. The molecule has 2 N–H and O–H groups in total. The largest absolute Gasteiger partial charge is 0.490 e. The van der Waals surface area contributed by atoms with Gasteiger partial charge in [0.25, 0.3) is 0 Å². The fourth-order valence-electron chi connectivity index (χ4n) is 1.77. The van der Waals surface area contributed by atoms with Gasteiger partial charge in [0.2, 0.25) is 0 Å². The molecule has 0 amide bonds. The third kappa shape index (κ3) is 4.22. The molecule has 0 aliphatic heterocycles. The van der Waals surface area contributed by atoms with Crippen LogP contribution in [0.3, 0.4) is 0 Å². The van der Waals surface area contributed by atoms with Crippen LogP contribution in [0.5, 0.6) is 11.5 Å². The summed E-state index contributed by atoms with van der Waals surface area (Å²) >= 11 is 4.97. The second kappa shape index (κ2) is 7.47.